The van der Waals surface area contributed by atoms with Crippen LogP contribution < -0.4 is 11.5 Å². The fraction of sp³-hybridized carbons (Fsp3) is 0.500. The fourth-order valence-corrected chi connectivity index (χ4v) is 1.23. The summed E-state index contributed by atoms with van der Waals surface area (Å²) in [6.07, 6.45) is 7.59. The van der Waals surface area contributed by atoms with E-state index in [1.807, 2.05) is 6.08 Å². The van der Waals surface area contributed by atoms with Gasteiger partial charge in [-0.15, -0.1) is 0 Å². The number of allylic oxidation sites excluding steroid dienone is 2. The molecule has 0 unspecified atom stereocenters. The van der Waals surface area contributed by atoms with Crippen LogP contribution in [0.15, 0.2) is 24.2 Å². The number of nitrogens with zero attached hydrogens (tertiary/aromatic N) is 1. The van der Waals surface area contributed by atoms with Crippen LogP contribution in [-0.4, -0.2) is 18.0 Å². The van der Waals surface area contributed by atoms with E-state index in [1.165, 1.54) is 19.0 Å². The van der Waals surface area contributed by atoms with Crippen molar-refractivity contribution in [3.05, 3.63) is 24.2 Å². The van der Waals surface area contributed by atoms with Crippen LogP contribution in [0.4, 0.5) is 0 Å². The van der Waals surface area contributed by atoms with Gasteiger partial charge in [-0.1, -0.05) is 0 Å². The second kappa shape index (κ2) is 3.91. The maximum absolute atomic E-state index is 5.75. The monoisotopic (exact) mass is 153 g/mol. The summed E-state index contributed by atoms with van der Waals surface area (Å²) in [5, 5.41) is 0. The summed E-state index contributed by atoms with van der Waals surface area (Å²) in [6, 6.07) is 0. The minimum Gasteiger partial charge on any atom is -0.405 e. The van der Waals surface area contributed by atoms with Crippen molar-refractivity contribution in [3.63, 3.8) is 0 Å². The van der Waals surface area contributed by atoms with E-state index in [1.54, 1.807) is 6.08 Å². The molecular weight excluding hydrogens is 138 g/mol. The molecule has 3 nitrogen and oxygen atoms in total. The van der Waals surface area contributed by atoms with E-state index < -0.39 is 0 Å². The molecule has 0 amide bonds. The Morgan fingerprint density at radius 3 is 2.45 bits per heavy atom. The van der Waals surface area contributed by atoms with Crippen molar-refractivity contribution < 1.29 is 0 Å². The molecule has 1 rings (SSSR count). The molecule has 1 aliphatic heterocycles. The molecule has 11 heavy (non-hydrogen) atoms. The number of rotatable bonds is 2. The molecule has 0 aromatic heterocycles. The highest BCUT2D eigenvalue weighted by atomic mass is 15.2. The van der Waals surface area contributed by atoms with Gasteiger partial charge in [-0.25, -0.2) is 0 Å². The number of likely N-dealkylation sites (tertiary alicyclic amines) is 1. The molecule has 0 radical (unpaired) electrons. The molecule has 1 saturated heterocycles. The Kier molecular flexibility index (Phi) is 2.83. The molecule has 0 aromatic rings. The molecule has 1 aliphatic rings. The Labute approximate surface area is 67.3 Å². The predicted molar refractivity (Wildman–Crippen MR) is 46.4 cm³/mol. The van der Waals surface area contributed by atoms with Crippen LogP contribution in [0.1, 0.15) is 12.8 Å². The molecule has 1 fully saturated rings. The van der Waals surface area contributed by atoms with Crippen molar-refractivity contribution in [3.8, 4) is 0 Å². The van der Waals surface area contributed by atoms with Gasteiger partial charge in [0.05, 0.1) is 5.82 Å². The highest BCUT2D eigenvalue weighted by Crippen LogP contribution is 2.10. The average Bonchev–Trinajstić information content (AvgIpc) is 2.52. The van der Waals surface area contributed by atoms with Gasteiger partial charge in [0.1, 0.15) is 0 Å². The zero-order valence-corrected chi connectivity index (χ0v) is 6.66. The first-order chi connectivity index (χ1) is 5.34. The summed E-state index contributed by atoms with van der Waals surface area (Å²) in [4.78, 5) is 2.17. The zero-order chi connectivity index (χ0) is 8.10. The number of hydrogen-bond acceptors (Lipinski definition) is 3. The lowest BCUT2D eigenvalue weighted by Gasteiger charge is -2.16. The lowest BCUT2D eigenvalue weighted by molar-refractivity contribution is 0.421. The van der Waals surface area contributed by atoms with Gasteiger partial charge in [-0.2, -0.15) is 0 Å². The van der Waals surface area contributed by atoms with Crippen LogP contribution in [0.5, 0.6) is 0 Å². The van der Waals surface area contributed by atoms with E-state index in [0.717, 1.165) is 18.9 Å². The largest absolute Gasteiger partial charge is 0.405 e. The molecule has 4 N–H and O–H groups in total. The zero-order valence-electron chi connectivity index (χ0n) is 6.66. The van der Waals surface area contributed by atoms with Crippen molar-refractivity contribution in [2.45, 2.75) is 12.8 Å². The van der Waals surface area contributed by atoms with Gasteiger partial charge >= 0.3 is 0 Å². The molecule has 0 atom stereocenters. The lowest BCUT2D eigenvalue weighted by Crippen LogP contribution is -2.23. The Morgan fingerprint density at radius 2 is 1.91 bits per heavy atom. The van der Waals surface area contributed by atoms with Crippen molar-refractivity contribution in [2.75, 3.05) is 13.1 Å². The van der Waals surface area contributed by atoms with Gasteiger partial charge in [0, 0.05) is 13.1 Å². The third-order valence-electron chi connectivity index (χ3n) is 1.85. The van der Waals surface area contributed by atoms with Crippen LogP contribution in [0.2, 0.25) is 0 Å². The molecule has 0 aliphatic carbocycles. The molecule has 0 saturated carbocycles. The minimum atomic E-state index is 0.823. The third-order valence-corrected chi connectivity index (χ3v) is 1.85. The first-order valence-corrected chi connectivity index (χ1v) is 3.93. The highest BCUT2D eigenvalue weighted by molar-refractivity contribution is 5.08. The van der Waals surface area contributed by atoms with Gasteiger partial charge in [0.15, 0.2) is 0 Å². The Balaban J connectivity index is 2.44. The first kappa shape index (κ1) is 7.98. The first-order valence-electron chi connectivity index (χ1n) is 3.93. The second-order valence-corrected chi connectivity index (χ2v) is 2.67. The molecule has 1 heterocycles. The Bertz CT molecular complexity index is 166. The molecule has 0 aromatic carbocycles. The van der Waals surface area contributed by atoms with Crippen molar-refractivity contribution in [1.82, 2.24) is 4.90 Å². The molecule has 0 bridgehead atoms. The molecule has 3 heteroatoms. The van der Waals surface area contributed by atoms with Crippen LogP contribution in [-0.2, 0) is 0 Å². The minimum absolute atomic E-state index is 0.823. The van der Waals surface area contributed by atoms with Gasteiger partial charge in [0.2, 0.25) is 0 Å². The summed E-state index contributed by atoms with van der Waals surface area (Å²) in [6.45, 7) is 2.17. The maximum Gasteiger partial charge on any atom is 0.0986 e. The SMILES string of the molecule is N/C=C\C=C(/N)N1CCCC1. The lowest BCUT2D eigenvalue weighted by atomic mass is 10.4. The van der Waals surface area contributed by atoms with Gasteiger partial charge in [0.25, 0.3) is 0 Å². The van der Waals surface area contributed by atoms with E-state index in [-0.39, 0.29) is 0 Å². The number of nitrogens with two attached hydrogens (primary N) is 2. The second-order valence-electron chi connectivity index (χ2n) is 2.67. The average molecular weight is 153 g/mol. The van der Waals surface area contributed by atoms with Gasteiger partial charge < -0.3 is 16.4 Å². The standard InChI is InChI=1S/C8H15N3/c9-5-3-4-8(10)11-6-1-2-7-11/h3-5H,1-2,6-7,9-10H2/b5-3-,8-4+. The maximum atomic E-state index is 5.75. The van der Waals surface area contributed by atoms with Crippen LogP contribution in [0, 0.1) is 0 Å². The van der Waals surface area contributed by atoms with E-state index in [2.05, 4.69) is 4.90 Å². The summed E-state index contributed by atoms with van der Waals surface area (Å²) >= 11 is 0. The summed E-state index contributed by atoms with van der Waals surface area (Å²) in [5.41, 5.74) is 10.9. The summed E-state index contributed by atoms with van der Waals surface area (Å²) in [5.74, 6) is 0.823. The van der Waals surface area contributed by atoms with Gasteiger partial charge in [-0.3, -0.25) is 0 Å². The van der Waals surface area contributed by atoms with Crippen molar-refractivity contribution >= 4 is 0 Å². The highest BCUT2D eigenvalue weighted by Gasteiger charge is 2.10. The normalized spacial score (nSPS) is 20.0. The van der Waals surface area contributed by atoms with Crippen LogP contribution >= 0.6 is 0 Å². The molecular formula is C8H15N3. The Morgan fingerprint density at radius 1 is 1.27 bits per heavy atom. The van der Waals surface area contributed by atoms with Crippen molar-refractivity contribution in [1.29, 1.82) is 0 Å². The fourth-order valence-electron chi connectivity index (χ4n) is 1.23. The van der Waals surface area contributed by atoms with E-state index in [4.69, 9.17) is 11.5 Å². The van der Waals surface area contributed by atoms with Crippen molar-refractivity contribution in [2.24, 2.45) is 11.5 Å². The smallest absolute Gasteiger partial charge is 0.0986 e. The summed E-state index contributed by atoms with van der Waals surface area (Å²) < 4.78 is 0. The topological polar surface area (TPSA) is 55.3 Å². The molecule has 62 valence electrons. The summed E-state index contributed by atoms with van der Waals surface area (Å²) in [7, 11) is 0. The van der Waals surface area contributed by atoms with Gasteiger partial charge in [-0.05, 0) is 31.2 Å². The molecule has 0 spiro atoms. The van der Waals surface area contributed by atoms with E-state index in [0.29, 0.717) is 0 Å². The third kappa shape index (κ3) is 2.18. The van der Waals surface area contributed by atoms with Crippen LogP contribution in [0.25, 0.3) is 0 Å². The van der Waals surface area contributed by atoms with Crippen LogP contribution in [0.3, 0.4) is 0 Å². The quantitative estimate of drug-likeness (QED) is 0.563. The predicted octanol–water partition coefficient (Wildman–Crippen LogP) is 0.355. The number of hydrogen-bond donors (Lipinski definition) is 2. The van der Waals surface area contributed by atoms with E-state index >= 15 is 0 Å². The van der Waals surface area contributed by atoms with E-state index in [9.17, 15) is 0 Å². The Hall–Kier alpha value is -1.12.